The molecule has 3 heterocycles. The average Bonchev–Trinajstić information content (AvgIpc) is 3.19. The van der Waals surface area contributed by atoms with E-state index < -0.39 is 26.3 Å². The quantitative estimate of drug-likeness (QED) is 0.239. The number of fused-ring (bicyclic) bond motifs is 1. The van der Waals surface area contributed by atoms with Gasteiger partial charge in [0, 0.05) is 34.0 Å². The summed E-state index contributed by atoms with van der Waals surface area (Å²) < 4.78 is 7.69. The lowest BCUT2D eigenvalue weighted by molar-refractivity contribution is 0.00403. The highest BCUT2D eigenvalue weighted by atomic mass is 28.3. The van der Waals surface area contributed by atoms with Crippen LogP contribution in [0.5, 0.6) is 0 Å². The normalized spacial score (nSPS) is 20.3. The summed E-state index contributed by atoms with van der Waals surface area (Å²) in [7, 11) is -1.22. The number of hydrogen-bond donors (Lipinski definition) is 4. The molecule has 2 aromatic rings. The Morgan fingerprint density at radius 2 is 2.03 bits per heavy atom. The van der Waals surface area contributed by atoms with Crippen molar-refractivity contribution in [3.05, 3.63) is 18.0 Å². The SMILES string of the molecule is CCCCC1C(O)C(Nc2cnc3c(n2)c(C(=O)NCC)cn3COCC[Si](C)(C)C)CCN1C(=O)O. The molecule has 0 spiro atoms. The van der Waals surface area contributed by atoms with Crippen LogP contribution in [0.4, 0.5) is 10.6 Å². The minimum Gasteiger partial charge on any atom is -0.465 e. The van der Waals surface area contributed by atoms with Crippen molar-refractivity contribution >= 4 is 37.1 Å². The van der Waals surface area contributed by atoms with Crippen LogP contribution in [-0.2, 0) is 11.5 Å². The standard InChI is InChI=1S/C25H42N6O5Si/c1-6-8-9-19-22(32)18(10-11-31(19)25(34)35)28-20-14-27-23-21(29-20)17(24(33)26-7-2)15-30(23)16-36-12-13-37(3,4)5/h14-15,18-19,22,32H,6-13,16H2,1-5H3,(H,26,33)(H,28,29)(H,34,35). The van der Waals surface area contributed by atoms with Gasteiger partial charge in [-0.3, -0.25) is 4.79 Å². The predicted molar refractivity (Wildman–Crippen MR) is 146 cm³/mol. The van der Waals surface area contributed by atoms with Gasteiger partial charge < -0.3 is 35.1 Å². The van der Waals surface area contributed by atoms with E-state index in [1.807, 2.05) is 13.8 Å². The summed E-state index contributed by atoms with van der Waals surface area (Å²) in [4.78, 5) is 35.1. The van der Waals surface area contributed by atoms with Crippen molar-refractivity contribution in [1.82, 2.24) is 24.8 Å². The van der Waals surface area contributed by atoms with Gasteiger partial charge in [-0.05, 0) is 25.8 Å². The smallest absolute Gasteiger partial charge is 0.407 e. The number of piperidine rings is 1. The molecule has 206 valence electrons. The topological polar surface area (TPSA) is 142 Å². The molecule has 4 N–H and O–H groups in total. The summed E-state index contributed by atoms with van der Waals surface area (Å²) in [6.07, 6.45) is 4.17. The largest absolute Gasteiger partial charge is 0.465 e. The highest BCUT2D eigenvalue weighted by Crippen LogP contribution is 2.26. The second-order valence-corrected chi connectivity index (χ2v) is 16.5. The fraction of sp³-hybridized carbons (Fsp3) is 0.680. The van der Waals surface area contributed by atoms with Crippen molar-refractivity contribution in [2.45, 2.75) is 90.1 Å². The summed E-state index contributed by atoms with van der Waals surface area (Å²) in [5, 5.41) is 26.7. The maximum Gasteiger partial charge on any atom is 0.407 e. The Labute approximate surface area is 219 Å². The molecule has 1 aliphatic rings. The Balaban J connectivity index is 1.82. The van der Waals surface area contributed by atoms with Crippen molar-refractivity contribution in [3.63, 3.8) is 0 Å². The highest BCUT2D eigenvalue weighted by molar-refractivity contribution is 6.76. The van der Waals surface area contributed by atoms with Crippen LogP contribution in [0.3, 0.4) is 0 Å². The number of rotatable bonds is 12. The Kier molecular flexibility index (Phi) is 9.91. The molecule has 2 amide bonds. The molecule has 0 radical (unpaired) electrons. The number of carbonyl (C=O) groups excluding carboxylic acids is 1. The van der Waals surface area contributed by atoms with Crippen LogP contribution in [0.25, 0.3) is 11.2 Å². The Bertz CT molecular complexity index is 1070. The van der Waals surface area contributed by atoms with E-state index in [9.17, 15) is 19.8 Å². The fourth-order valence-corrected chi connectivity index (χ4v) is 5.33. The lowest BCUT2D eigenvalue weighted by Crippen LogP contribution is -2.58. The van der Waals surface area contributed by atoms with Crippen molar-refractivity contribution < 1.29 is 24.5 Å². The summed E-state index contributed by atoms with van der Waals surface area (Å²) in [6.45, 7) is 12.5. The second kappa shape index (κ2) is 12.7. The van der Waals surface area contributed by atoms with Gasteiger partial charge in [-0.1, -0.05) is 39.4 Å². The number of anilines is 1. The van der Waals surface area contributed by atoms with E-state index in [2.05, 4.69) is 35.3 Å². The van der Waals surface area contributed by atoms with Gasteiger partial charge in [-0.25, -0.2) is 14.8 Å². The van der Waals surface area contributed by atoms with Gasteiger partial charge in [0.05, 0.1) is 29.9 Å². The zero-order valence-corrected chi connectivity index (χ0v) is 23.7. The number of nitrogens with zero attached hydrogens (tertiary/aromatic N) is 4. The number of unbranched alkanes of at least 4 members (excludes halogenated alkanes) is 1. The molecule has 1 aliphatic heterocycles. The van der Waals surface area contributed by atoms with E-state index in [0.717, 1.165) is 18.9 Å². The zero-order chi connectivity index (χ0) is 27.2. The van der Waals surface area contributed by atoms with Gasteiger partial charge in [0.15, 0.2) is 5.65 Å². The molecule has 3 rings (SSSR count). The molecule has 0 aromatic carbocycles. The monoisotopic (exact) mass is 534 g/mol. The molecule has 3 unspecified atom stereocenters. The molecule has 11 nitrogen and oxygen atoms in total. The van der Waals surface area contributed by atoms with Crippen molar-refractivity contribution in [2.24, 2.45) is 0 Å². The minimum atomic E-state index is -1.22. The van der Waals surface area contributed by atoms with Crippen LogP contribution in [0, 0.1) is 0 Å². The van der Waals surface area contributed by atoms with Gasteiger partial charge in [0.1, 0.15) is 18.1 Å². The maximum absolute atomic E-state index is 12.8. The summed E-state index contributed by atoms with van der Waals surface area (Å²) >= 11 is 0. The Hall–Kier alpha value is -2.70. The molecule has 0 aliphatic carbocycles. The first kappa shape index (κ1) is 28.9. The van der Waals surface area contributed by atoms with E-state index >= 15 is 0 Å². The highest BCUT2D eigenvalue weighted by Gasteiger charge is 2.39. The van der Waals surface area contributed by atoms with Gasteiger partial charge >= 0.3 is 6.09 Å². The molecule has 2 aromatic heterocycles. The van der Waals surface area contributed by atoms with Gasteiger partial charge in [0.25, 0.3) is 5.91 Å². The third kappa shape index (κ3) is 7.42. The van der Waals surface area contributed by atoms with E-state index in [-0.39, 0.29) is 18.7 Å². The Morgan fingerprint density at radius 1 is 1.27 bits per heavy atom. The van der Waals surface area contributed by atoms with Gasteiger partial charge in [-0.15, -0.1) is 0 Å². The second-order valence-electron chi connectivity index (χ2n) is 10.9. The molecule has 0 bridgehead atoms. The number of carboxylic acid groups (broad SMARTS) is 1. The number of aliphatic hydroxyl groups excluding tert-OH is 1. The first-order valence-corrected chi connectivity index (χ1v) is 16.9. The lowest BCUT2D eigenvalue weighted by Gasteiger charge is -2.42. The zero-order valence-electron chi connectivity index (χ0n) is 22.7. The van der Waals surface area contributed by atoms with Gasteiger partial charge in [0.2, 0.25) is 0 Å². The van der Waals surface area contributed by atoms with Crippen LogP contribution < -0.4 is 10.6 Å². The molecule has 12 heteroatoms. The first-order chi connectivity index (χ1) is 17.6. The molecule has 1 saturated heterocycles. The summed E-state index contributed by atoms with van der Waals surface area (Å²) in [5.41, 5.74) is 1.40. The van der Waals surface area contributed by atoms with Crippen LogP contribution in [0.15, 0.2) is 12.4 Å². The number of carbonyl (C=O) groups is 2. The summed E-state index contributed by atoms with van der Waals surface area (Å²) in [6, 6.07) is 0.169. The molecule has 37 heavy (non-hydrogen) atoms. The maximum atomic E-state index is 12.8. The molecule has 1 fully saturated rings. The van der Waals surface area contributed by atoms with E-state index in [0.29, 0.717) is 55.1 Å². The fourth-order valence-electron chi connectivity index (χ4n) is 4.58. The third-order valence-corrected chi connectivity index (χ3v) is 8.40. The minimum absolute atomic E-state index is 0.241. The third-order valence-electron chi connectivity index (χ3n) is 6.69. The van der Waals surface area contributed by atoms with Crippen LogP contribution in [0.1, 0.15) is 49.9 Å². The Morgan fingerprint density at radius 3 is 2.68 bits per heavy atom. The molecular formula is C25H42N6O5Si. The predicted octanol–water partition coefficient (Wildman–Crippen LogP) is 3.58. The van der Waals surface area contributed by atoms with Crippen LogP contribution >= 0.6 is 0 Å². The van der Waals surface area contributed by atoms with E-state index in [1.54, 1.807) is 17.0 Å². The number of likely N-dealkylation sites (tertiary alicyclic amines) is 1. The molecule has 3 atom stereocenters. The lowest BCUT2D eigenvalue weighted by atomic mass is 9.90. The number of aliphatic hydroxyl groups is 1. The molecule has 0 saturated carbocycles. The summed E-state index contributed by atoms with van der Waals surface area (Å²) in [5.74, 6) is 0.187. The van der Waals surface area contributed by atoms with E-state index in [4.69, 9.17) is 9.72 Å². The van der Waals surface area contributed by atoms with Crippen molar-refractivity contribution in [3.8, 4) is 0 Å². The number of ether oxygens (including phenoxy) is 1. The van der Waals surface area contributed by atoms with E-state index in [1.165, 1.54) is 4.90 Å². The number of nitrogens with one attached hydrogen (secondary N) is 2. The van der Waals surface area contributed by atoms with Crippen LogP contribution in [-0.4, -0.2) is 87.6 Å². The number of aromatic nitrogens is 3. The molecular weight excluding hydrogens is 492 g/mol. The van der Waals surface area contributed by atoms with Gasteiger partial charge in [-0.2, -0.15) is 0 Å². The van der Waals surface area contributed by atoms with Crippen LogP contribution in [0.2, 0.25) is 25.7 Å². The number of amides is 2. The van der Waals surface area contributed by atoms with Crippen molar-refractivity contribution in [2.75, 3.05) is 25.0 Å². The average molecular weight is 535 g/mol. The first-order valence-electron chi connectivity index (χ1n) is 13.2. The number of hydrogen-bond acceptors (Lipinski definition) is 7. The van der Waals surface area contributed by atoms with Crippen molar-refractivity contribution in [1.29, 1.82) is 0 Å².